The van der Waals surface area contributed by atoms with Crippen molar-refractivity contribution in [2.24, 2.45) is 30.0 Å². The number of aromatic nitrogens is 2. The van der Waals surface area contributed by atoms with E-state index in [2.05, 4.69) is 15.6 Å². The third-order valence-electron chi connectivity index (χ3n) is 7.45. The fourth-order valence-corrected chi connectivity index (χ4v) is 4.23. The number of piperazine rings is 1. The summed E-state index contributed by atoms with van der Waals surface area (Å²) < 4.78 is 1.77. The molecule has 16 heteroatoms. The Hall–Kier alpha value is -5.10. The van der Waals surface area contributed by atoms with Gasteiger partial charge in [0.15, 0.2) is 0 Å². The smallest absolute Gasteiger partial charge is 0.272 e. The lowest BCUT2D eigenvalue weighted by Crippen LogP contribution is -2.39. The van der Waals surface area contributed by atoms with Gasteiger partial charge in [0.25, 0.3) is 5.82 Å². The van der Waals surface area contributed by atoms with Crippen molar-refractivity contribution in [1.82, 2.24) is 15.6 Å². The molecule has 6 rings (SSSR count). The van der Waals surface area contributed by atoms with E-state index >= 15 is 0 Å². The average Bonchev–Trinajstić information content (AvgIpc) is 3.14. The van der Waals surface area contributed by atoms with Crippen molar-refractivity contribution in [3.63, 3.8) is 0 Å². The largest absolute Gasteiger partial charge is 0.506 e. The van der Waals surface area contributed by atoms with Gasteiger partial charge in [0.05, 0.1) is 36.0 Å². The maximum atomic E-state index is 8.91. The quantitative estimate of drug-likeness (QED) is 0.0571. The number of rotatable bonds is 2. The molecule has 2 fully saturated rings. The number of pyridine rings is 2. The van der Waals surface area contributed by atoms with Crippen molar-refractivity contribution in [2.45, 2.75) is 50.9 Å². The number of hydrogen-bond acceptors (Lipinski definition) is 15. The fourth-order valence-electron chi connectivity index (χ4n) is 4.23. The summed E-state index contributed by atoms with van der Waals surface area (Å²) in [5.41, 5.74) is 58.0. The molecule has 3 heterocycles. The minimum Gasteiger partial charge on any atom is -0.506 e. The van der Waals surface area contributed by atoms with Gasteiger partial charge >= 0.3 is 0 Å². The normalized spacial score (nSPS) is 15.9. The van der Waals surface area contributed by atoms with Crippen LogP contribution in [0, 0.1) is 0 Å². The summed E-state index contributed by atoms with van der Waals surface area (Å²) in [6.07, 6.45) is 7.80. The van der Waals surface area contributed by atoms with Crippen LogP contribution in [0.1, 0.15) is 36.8 Å². The first-order chi connectivity index (χ1) is 24.2. The van der Waals surface area contributed by atoms with Crippen LogP contribution < -0.4 is 72.5 Å². The van der Waals surface area contributed by atoms with E-state index in [0.717, 1.165) is 68.7 Å². The Morgan fingerprint density at radius 1 is 0.647 bits per heavy atom. The van der Waals surface area contributed by atoms with E-state index in [1.54, 1.807) is 35.0 Å². The number of benzene rings is 2. The Balaban J connectivity index is 0.000000308. The number of nitrogens with one attached hydrogen (secondary N) is 2. The summed E-state index contributed by atoms with van der Waals surface area (Å²) in [7, 11) is 1.85. The number of hydrogen-bond donors (Lipinski definition) is 14. The van der Waals surface area contributed by atoms with Gasteiger partial charge in [-0.15, -0.1) is 0 Å². The summed E-state index contributed by atoms with van der Waals surface area (Å²) in [6.45, 7) is 5.76. The predicted molar refractivity (Wildman–Crippen MR) is 210 cm³/mol. The molecule has 0 atom stereocenters. The molecule has 1 aliphatic carbocycles. The van der Waals surface area contributed by atoms with Crippen LogP contribution in [0.4, 0.5) is 34.4 Å². The summed E-state index contributed by atoms with van der Waals surface area (Å²) in [5.74, 6) is 0.981. The molecule has 0 radical (unpaired) electrons. The Kier molecular flexibility index (Phi) is 21.5. The molecular formula is C35H61N14O2+. The molecule has 2 aromatic carbocycles. The number of nitrogens with two attached hydrogens (primary N) is 10. The van der Waals surface area contributed by atoms with Crippen molar-refractivity contribution in [3.05, 3.63) is 84.2 Å². The van der Waals surface area contributed by atoms with Crippen LogP contribution in [0.25, 0.3) is 0 Å². The lowest BCUT2D eigenvalue weighted by Gasteiger charge is -2.22. The summed E-state index contributed by atoms with van der Waals surface area (Å²) in [6, 6.07) is 18.2. The van der Waals surface area contributed by atoms with Crippen molar-refractivity contribution >= 4 is 34.4 Å². The topological polar surface area (TPSA) is 341 Å². The third kappa shape index (κ3) is 20.2. The zero-order valence-electron chi connectivity index (χ0n) is 29.7. The molecule has 24 N–H and O–H groups in total. The molecule has 0 amide bonds. The van der Waals surface area contributed by atoms with Crippen LogP contribution in [-0.2, 0) is 20.1 Å². The number of aryl methyl sites for hydroxylation is 1. The van der Waals surface area contributed by atoms with Crippen LogP contribution in [0.5, 0.6) is 11.5 Å². The Morgan fingerprint density at radius 2 is 1.06 bits per heavy atom. The Labute approximate surface area is 301 Å². The van der Waals surface area contributed by atoms with Crippen molar-refractivity contribution in [2.75, 3.05) is 60.6 Å². The van der Waals surface area contributed by atoms with Crippen LogP contribution >= 0.6 is 0 Å². The van der Waals surface area contributed by atoms with E-state index in [1.807, 2.05) is 31.3 Å². The number of aromatic hydroxyl groups is 2. The second-order valence-electron chi connectivity index (χ2n) is 11.9. The van der Waals surface area contributed by atoms with Crippen molar-refractivity contribution < 1.29 is 14.8 Å². The number of phenols is 2. The molecule has 1 saturated carbocycles. The van der Waals surface area contributed by atoms with Crippen molar-refractivity contribution in [3.8, 4) is 11.5 Å². The average molecular weight is 710 g/mol. The molecule has 4 aromatic rings. The van der Waals surface area contributed by atoms with Gasteiger partial charge in [-0.25, -0.2) is 9.55 Å². The second-order valence-corrected chi connectivity index (χ2v) is 11.9. The molecule has 16 nitrogen and oxygen atoms in total. The maximum Gasteiger partial charge on any atom is 0.272 e. The molecule has 0 unspecified atom stereocenters. The molecule has 1 aliphatic heterocycles. The summed E-state index contributed by atoms with van der Waals surface area (Å²) >= 11 is 0. The minimum absolute atomic E-state index is 0.115. The van der Waals surface area contributed by atoms with E-state index in [4.69, 9.17) is 67.5 Å². The zero-order chi connectivity index (χ0) is 38.2. The molecule has 282 valence electrons. The van der Waals surface area contributed by atoms with Gasteiger partial charge in [-0.05, 0) is 55.0 Å². The Bertz CT molecular complexity index is 1380. The fraction of sp³-hybridized carbons (Fsp3) is 0.371. The van der Waals surface area contributed by atoms with Crippen LogP contribution in [0.15, 0.2) is 73.1 Å². The SMILES string of the molecule is C1CNCCN1.C[n+]1cc(N)ccc1N.NC1CCC(N)CC1.NCc1ccc(CN)cc1.Nc1cc(O)c(N)cc1O.Nc1ccc(N)nc1. The highest BCUT2D eigenvalue weighted by Gasteiger charge is 2.13. The second kappa shape index (κ2) is 24.9. The predicted octanol–water partition coefficient (Wildman–Crippen LogP) is 0.182. The molecule has 1 saturated heterocycles. The standard InChI is InChI=1S/C8H12N2.C6H9N3.C6H8N2O2.C6H14N2.C5H7N3.C4H10N2/c9-5-7-1-2-8(6-10)4-3-7;1-9-4-5(7)2-3-6(9)8;7-3-1-5(9)4(8)2-6(3)10;7-5-1-2-6(8)4-3-5;6-4-1-2-5(7)8-3-4;1-2-6-4-3-5-1/h1-4H,5-6,9-10H2;2-4,8H,7H2,1H3;1-2,9-10H,7-8H2;5-6H,1-4,7-8H2;1-3H,6H2,(H2,7,8);5-6H,1-4H2/p+1. The van der Waals surface area contributed by atoms with E-state index in [1.165, 1.54) is 18.3 Å². The lowest BCUT2D eigenvalue weighted by molar-refractivity contribution is -0.656. The van der Waals surface area contributed by atoms with Gasteiger partial charge in [-0.1, -0.05) is 24.3 Å². The third-order valence-corrected chi connectivity index (χ3v) is 7.45. The summed E-state index contributed by atoms with van der Waals surface area (Å²) in [5, 5.41) is 24.3. The first-order valence-corrected chi connectivity index (χ1v) is 16.7. The molecule has 51 heavy (non-hydrogen) atoms. The molecule has 2 aromatic heterocycles. The molecule has 0 bridgehead atoms. The van der Waals surface area contributed by atoms with Crippen LogP contribution in [0.3, 0.4) is 0 Å². The molecular weight excluding hydrogens is 648 g/mol. The lowest BCUT2D eigenvalue weighted by atomic mass is 9.93. The van der Waals surface area contributed by atoms with Crippen LogP contribution in [-0.4, -0.2) is 53.5 Å². The van der Waals surface area contributed by atoms with Gasteiger partial charge in [0, 0.05) is 69.6 Å². The van der Waals surface area contributed by atoms with Gasteiger partial charge in [-0.2, -0.15) is 0 Å². The number of nitrogens with zero attached hydrogens (tertiary/aromatic N) is 2. The first-order valence-electron chi connectivity index (χ1n) is 16.7. The maximum absolute atomic E-state index is 8.91. The number of phenolic OH excluding ortho intramolecular Hbond substituents is 2. The monoisotopic (exact) mass is 710 g/mol. The van der Waals surface area contributed by atoms with E-state index in [-0.39, 0.29) is 22.9 Å². The molecule has 0 spiro atoms. The van der Waals surface area contributed by atoms with Gasteiger partial charge in [-0.3, -0.25) is 5.73 Å². The van der Waals surface area contributed by atoms with Gasteiger partial charge in [0.2, 0.25) is 0 Å². The van der Waals surface area contributed by atoms with Crippen molar-refractivity contribution in [1.29, 1.82) is 0 Å². The van der Waals surface area contributed by atoms with E-state index < -0.39 is 0 Å². The Morgan fingerprint density at radius 3 is 1.35 bits per heavy atom. The number of anilines is 6. The van der Waals surface area contributed by atoms with E-state index in [0.29, 0.717) is 42.5 Å². The number of nitrogen functional groups attached to an aromatic ring is 6. The van der Waals surface area contributed by atoms with Crippen LogP contribution in [0.2, 0.25) is 0 Å². The van der Waals surface area contributed by atoms with Gasteiger partial charge < -0.3 is 72.4 Å². The zero-order valence-corrected chi connectivity index (χ0v) is 29.7. The van der Waals surface area contributed by atoms with E-state index in [9.17, 15) is 0 Å². The minimum atomic E-state index is -0.115. The highest BCUT2D eigenvalue weighted by atomic mass is 16.3. The summed E-state index contributed by atoms with van der Waals surface area (Å²) in [4.78, 5) is 3.73. The highest BCUT2D eigenvalue weighted by Crippen LogP contribution is 2.30. The first kappa shape index (κ1) is 43.9. The van der Waals surface area contributed by atoms with Gasteiger partial charge in [0.1, 0.15) is 23.5 Å². The molecule has 2 aliphatic rings. The highest BCUT2D eigenvalue weighted by molar-refractivity contribution is 5.66.